The van der Waals surface area contributed by atoms with Crippen LogP contribution in [0.25, 0.3) is 0 Å². The molecule has 0 saturated heterocycles. The number of carbonyl (C=O) groups is 1. The second-order valence-electron chi connectivity index (χ2n) is 6.93. The predicted octanol–water partition coefficient (Wildman–Crippen LogP) is 4.75. The van der Waals surface area contributed by atoms with E-state index in [4.69, 9.17) is 0 Å². The average Bonchev–Trinajstić information content (AvgIpc) is 2.55. The van der Waals surface area contributed by atoms with Gasteiger partial charge in [-0.25, -0.2) is 0 Å². The van der Waals surface area contributed by atoms with Crippen molar-refractivity contribution in [3.05, 3.63) is 71.4 Å². The molecule has 0 radical (unpaired) electrons. The Bertz CT molecular complexity index is 839. The van der Waals surface area contributed by atoms with Gasteiger partial charge in [0.15, 0.2) is 0 Å². The van der Waals surface area contributed by atoms with Crippen LogP contribution in [0.5, 0.6) is 0 Å². The lowest BCUT2D eigenvalue weighted by Crippen LogP contribution is -2.16. The topological polar surface area (TPSA) is 64.9 Å². The fourth-order valence-electron chi connectivity index (χ4n) is 2.48. The molecule has 0 fully saturated rings. The van der Waals surface area contributed by atoms with Crippen molar-refractivity contribution in [3.63, 3.8) is 0 Å². The fraction of sp³-hybridized carbons (Fsp3) is 0.238. The number of carbonyl (C=O) groups excluding carboxylic acids is 1. The van der Waals surface area contributed by atoms with Crippen molar-refractivity contribution in [3.8, 4) is 6.07 Å². The molecule has 1 amide bonds. The monoisotopic (exact) mass is 333 g/mol. The molecule has 0 bridgehead atoms. The Labute approximate surface area is 149 Å². The van der Waals surface area contributed by atoms with Crippen molar-refractivity contribution < 1.29 is 4.79 Å². The summed E-state index contributed by atoms with van der Waals surface area (Å²) in [5, 5.41) is 15.2. The van der Waals surface area contributed by atoms with Gasteiger partial charge in [-0.05, 0) is 41.7 Å². The van der Waals surface area contributed by atoms with Crippen molar-refractivity contribution in [1.29, 1.82) is 5.26 Å². The standard InChI is InChI=1S/C21H23N3O/c1-15-8-7-9-17(12-15)24-20(25)16(13-22)14-23-19-11-6-5-10-18(19)21(2,3)4/h5-12,14,23H,1-4H3,(H,24,25)/b16-14-. The Morgan fingerprint density at radius 3 is 2.48 bits per heavy atom. The predicted molar refractivity (Wildman–Crippen MR) is 102 cm³/mol. The lowest BCUT2D eigenvalue weighted by Gasteiger charge is -2.22. The van der Waals surface area contributed by atoms with Crippen LogP contribution in [-0.4, -0.2) is 5.91 Å². The van der Waals surface area contributed by atoms with Crippen LogP contribution in [0.2, 0.25) is 0 Å². The highest BCUT2D eigenvalue weighted by atomic mass is 16.1. The normalized spacial score (nSPS) is 11.6. The molecule has 0 aliphatic heterocycles. The van der Waals surface area contributed by atoms with E-state index < -0.39 is 5.91 Å². The summed E-state index contributed by atoms with van der Waals surface area (Å²) in [6.07, 6.45) is 1.45. The highest BCUT2D eigenvalue weighted by Crippen LogP contribution is 2.29. The first kappa shape index (κ1) is 18.3. The summed E-state index contributed by atoms with van der Waals surface area (Å²) < 4.78 is 0. The first-order valence-electron chi connectivity index (χ1n) is 8.15. The largest absolute Gasteiger partial charge is 0.360 e. The van der Waals surface area contributed by atoms with Gasteiger partial charge in [-0.3, -0.25) is 4.79 Å². The maximum atomic E-state index is 12.3. The summed E-state index contributed by atoms with van der Waals surface area (Å²) in [6, 6.07) is 17.3. The van der Waals surface area contributed by atoms with E-state index in [1.807, 2.05) is 55.5 Å². The van der Waals surface area contributed by atoms with Crippen LogP contribution in [-0.2, 0) is 10.2 Å². The van der Waals surface area contributed by atoms with Gasteiger partial charge < -0.3 is 10.6 Å². The molecule has 0 atom stereocenters. The number of para-hydroxylation sites is 1. The molecule has 4 nitrogen and oxygen atoms in total. The van der Waals surface area contributed by atoms with E-state index in [2.05, 4.69) is 31.4 Å². The van der Waals surface area contributed by atoms with Crippen LogP contribution in [0.15, 0.2) is 60.3 Å². The number of nitriles is 1. The average molecular weight is 333 g/mol. The SMILES string of the molecule is Cc1cccc(NC(=O)/C(C#N)=C\Nc2ccccc2C(C)(C)C)c1. The molecule has 0 saturated carbocycles. The lowest BCUT2D eigenvalue weighted by atomic mass is 9.86. The molecule has 2 aromatic carbocycles. The Morgan fingerprint density at radius 1 is 1.12 bits per heavy atom. The number of amides is 1. The number of hydrogen-bond acceptors (Lipinski definition) is 3. The van der Waals surface area contributed by atoms with E-state index in [1.54, 1.807) is 6.07 Å². The van der Waals surface area contributed by atoms with Gasteiger partial charge in [0.2, 0.25) is 0 Å². The van der Waals surface area contributed by atoms with E-state index in [9.17, 15) is 10.1 Å². The summed E-state index contributed by atoms with van der Waals surface area (Å²) in [7, 11) is 0. The maximum Gasteiger partial charge on any atom is 0.267 e. The van der Waals surface area contributed by atoms with Crippen LogP contribution in [0.1, 0.15) is 31.9 Å². The number of benzene rings is 2. The number of nitrogens with zero attached hydrogens (tertiary/aromatic N) is 1. The minimum Gasteiger partial charge on any atom is -0.360 e. The summed E-state index contributed by atoms with van der Waals surface area (Å²) in [6.45, 7) is 8.30. The molecular formula is C21H23N3O. The Kier molecular flexibility index (Phi) is 5.61. The molecule has 0 aromatic heterocycles. The molecule has 4 heteroatoms. The van der Waals surface area contributed by atoms with Crippen LogP contribution in [0.3, 0.4) is 0 Å². The van der Waals surface area contributed by atoms with E-state index in [0.717, 1.165) is 16.8 Å². The number of hydrogen-bond donors (Lipinski definition) is 2. The van der Waals surface area contributed by atoms with Gasteiger partial charge in [0.05, 0.1) is 0 Å². The van der Waals surface area contributed by atoms with Crippen LogP contribution < -0.4 is 10.6 Å². The van der Waals surface area contributed by atoms with Crippen LogP contribution in [0, 0.1) is 18.3 Å². The first-order valence-corrected chi connectivity index (χ1v) is 8.15. The molecule has 0 heterocycles. The van der Waals surface area contributed by atoms with Gasteiger partial charge in [0.1, 0.15) is 11.6 Å². The first-order chi connectivity index (χ1) is 11.8. The minimum atomic E-state index is -0.436. The third kappa shape index (κ3) is 4.95. The number of anilines is 2. The smallest absolute Gasteiger partial charge is 0.267 e. The van der Waals surface area contributed by atoms with Gasteiger partial charge in [-0.15, -0.1) is 0 Å². The van der Waals surface area contributed by atoms with Gasteiger partial charge in [-0.1, -0.05) is 51.1 Å². The van der Waals surface area contributed by atoms with Crippen molar-refractivity contribution in [2.24, 2.45) is 0 Å². The Hall–Kier alpha value is -3.06. The molecule has 0 unspecified atom stereocenters. The third-order valence-corrected chi connectivity index (χ3v) is 3.75. The lowest BCUT2D eigenvalue weighted by molar-refractivity contribution is -0.112. The van der Waals surface area contributed by atoms with Gasteiger partial charge >= 0.3 is 0 Å². The summed E-state index contributed by atoms with van der Waals surface area (Å²) in [5.74, 6) is -0.436. The van der Waals surface area contributed by atoms with E-state index in [-0.39, 0.29) is 11.0 Å². The summed E-state index contributed by atoms with van der Waals surface area (Å²) in [5.41, 5.74) is 3.67. The van der Waals surface area contributed by atoms with Crippen molar-refractivity contribution in [1.82, 2.24) is 0 Å². The van der Waals surface area contributed by atoms with Crippen LogP contribution >= 0.6 is 0 Å². The molecule has 0 aliphatic carbocycles. The molecule has 0 spiro atoms. The maximum absolute atomic E-state index is 12.3. The molecule has 2 N–H and O–H groups in total. The highest BCUT2D eigenvalue weighted by Gasteiger charge is 2.17. The zero-order valence-corrected chi connectivity index (χ0v) is 15.1. The van der Waals surface area contributed by atoms with E-state index >= 15 is 0 Å². The number of rotatable bonds is 4. The van der Waals surface area contributed by atoms with E-state index in [1.165, 1.54) is 6.20 Å². The van der Waals surface area contributed by atoms with Crippen molar-refractivity contribution in [2.75, 3.05) is 10.6 Å². The molecule has 25 heavy (non-hydrogen) atoms. The molecule has 0 aliphatic rings. The summed E-state index contributed by atoms with van der Waals surface area (Å²) in [4.78, 5) is 12.3. The van der Waals surface area contributed by atoms with Gasteiger partial charge in [0.25, 0.3) is 5.91 Å². The minimum absolute atomic E-state index is 0.0187. The summed E-state index contributed by atoms with van der Waals surface area (Å²) >= 11 is 0. The van der Waals surface area contributed by atoms with Gasteiger partial charge in [-0.2, -0.15) is 5.26 Å². The second-order valence-corrected chi connectivity index (χ2v) is 6.93. The zero-order chi connectivity index (χ0) is 18.4. The molecule has 128 valence electrons. The number of aryl methyl sites for hydroxylation is 1. The second kappa shape index (κ2) is 7.67. The highest BCUT2D eigenvalue weighted by molar-refractivity contribution is 6.06. The van der Waals surface area contributed by atoms with Crippen molar-refractivity contribution >= 4 is 17.3 Å². The number of nitrogens with one attached hydrogen (secondary N) is 2. The third-order valence-electron chi connectivity index (χ3n) is 3.75. The van der Waals surface area contributed by atoms with Crippen molar-refractivity contribution in [2.45, 2.75) is 33.1 Å². The Morgan fingerprint density at radius 2 is 1.84 bits per heavy atom. The van der Waals surface area contributed by atoms with Crippen LogP contribution in [0.4, 0.5) is 11.4 Å². The zero-order valence-electron chi connectivity index (χ0n) is 15.1. The quantitative estimate of drug-likeness (QED) is 0.627. The molecule has 2 aromatic rings. The fourth-order valence-corrected chi connectivity index (χ4v) is 2.48. The Balaban J connectivity index is 2.19. The molecular weight excluding hydrogens is 310 g/mol. The van der Waals surface area contributed by atoms with E-state index in [0.29, 0.717) is 5.69 Å². The molecule has 2 rings (SSSR count). The van der Waals surface area contributed by atoms with Gasteiger partial charge in [0, 0.05) is 17.6 Å².